The SMILES string of the molecule is O=C(Nc1ccc(N2CCCCCC2)nn1)c1ccc(F)c(F)c1F. The number of aromatic nitrogens is 2. The molecule has 1 aliphatic heterocycles. The summed E-state index contributed by atoms with van der Waals surface area (Å²) < 4.78 is 39.8. The molecule has 1 fully saturated rings. The van der Waals surface area contributed by atoms with Crippen LogP contribution in [-0.2, 0) is 0 Å². The highest BCUT2D eigenvalue weighted by Gasteiger charge is 2.19. The van der Waals surface area contributed by atoms with Gasteiger partial charge < -0.3 is 10.2 Å². The van der Waals surface area contributed by atoms with Gasteiger partial charge in [0.2, 0.25) is 0 Å². The van der Waals surface area contributed by atoms with E-state index in [1.54, 1.807) is 12.1 Å². The summed E-state index contributed by atoms with van der Waals surface area (Å²) in [5, 5.41) is 10.3. The van der Waals surface area contributed by atoms with E-state index in [1.165, 1.54) is 12.8 Å². The van der Waals surface area contributed by atoms with Gasteiger partial charge in [-0.15, -0.1) is 10.2 Å². The van der Waals surface area contributed by atoms with Gasteiger partial charge in [0.15, 0.2) is 29.1 Å². The number of nitrogens with zero attached hydrogens (tertiary/aromatic N) is 3. The van der Waals surface area contributed by atoms with Crippen molar-refractivity contribution >= 4 is 17.5 Å². The molecule has 0 atom stereocenters. The van der Waals surface area contributed by atoms with Crippen molar-refractivity contribution in [3.05, 3.63) is 47.3 Å². The van der Waals surface area contributed by atoms with Crippen LogP contribution in [0.1, 0.15) is 36.0 Å². The summed E-state index contributed by atoms with van der Waals surface area (Å²) in [5.74, 6) is -4.68. The highest BCUT2D eigenvalue weighted by atomic mass is 19.2. The zero-order chi connectivity index (χ0) is 17.8. The average Bonchev–Trinajstić information content (AvgIpc) is 2.90. The molecule has 1 aromatic carbocycles. The number of carbonyl (C=O) groups is 1. The molecule has 3 rings (SSSR count). The van der Waals surface area contributed by atoms with Crippen molar-refractivity contribution < 1.29 is 18.0 Å². The van der Waals surface area contributed by atoms with Crippen LogP contribution in [0.3, 0.4) is 0 Å². The highest BCUT2D eigenvalue weighted by molar-refractivity contribution is 6.03. The third-order valence-corrected chi connectivity index (χ3v) is 4.10. The Balaban J connectivity index is 1.71. The lowest BCUT2D eigenvalue weighted by atomic mass is 10.2. The summed E-state index contributed by atoms with van der Waals surface area (Å²) >= 11 is 0. The highest BCUT2D eigenvalue weighted by Crippen LogP contribution is 2.19. The van der Waals surface area contributed by atoms with Gasteiger partial charge in [-0.3, -0.25) is 4.79 Å². The van der Waals surface area contributed by atoms with Crippen LogP contribution in [0, 0.1) is 17.5 Å². The molecule has 0 aliphatic carbocycles. The van der Waals surface area contributed by atoms with E-state index in [1.807, 2.05) is 0 Å². The third kappa shape index (κ3) is 3.89. The van der Waals surface area contributed by atoms with Crippen LogP contribution < -0.4 is 10.2 Å². The predicted octanol–water partition coefficient (Wildman–Crippen LogP) is 3.53. The van der Waals surface area contributed by atoms with Gasteiger partial charge in [-0.05, 0) is 37.1 Å². The van der Waals surface area contributed by atoms with Crippen molar-refractivity contribution in [3.8, 4) is 0 Å². The summed E-state index contributed by atoms with van der Waals surface area (Å²) in [6, 6.07) is 4.84. The topological polar surface area (TPSA) is 58.1 Å². The molecule has 1 aromatic heterocycles. The van der Waals surface area contributed by atoms with Crippen LogP contribution in [0.15, 0.2) is 24.3 Å². The number of hydrogen-bond acceptors (Lipinski definition) is 4. The van der Waals surface area contributed by atoms with Gasteiger partial charge in [-0.2, -0.15) is 0 Å². The molecule has 1 saturated heterocycles. The Hall–Kier alpha value is -2.64. The molecule has 1 N–H and O–H groups in total. The lowest BCUT2D eigenvalue weighted by Gasteiger charge is -2.20. The van der Waals surface area contributed by atoms with Gasteiger partial charge in [-0.25, -0.2) is 13.2 Å². The van der Waals surface area contributed by atoms with Crippen molar-refractivity contribution in [1.29, 1.82) is 0 Å². The van der Waals surface area contributed by atoms with Crippen LogP contribution in [-0.4, -0.2) is 29.2 Å². The van der Waals surface area contributed by atoms with Crippen LogP contribution in [0.25, 0.3) is 0 Å². The molecule has 1 amide bonds. The minimum absolute atomic E-state index is 0.104. The van der Waals surface area contributed by atoms with E-state index in [9.17, 15) is 18.0 Å². The number of anilines is 2. The Morgan fingerprint density at radius 3 is 2.28 bits per heavy atom. The molecule has 25 heavy (non-hydrogen) atoms. The fraction of sp³-hybridized carbons (Fsp3) is 0.353. The largest absolute Gasteiger partial charge is 0.355 e. The number of amides is 1. The zero-order valence-electron chi connectivity index (χ0n) is 13.4. The normalized spacial score (nSPS) is 14.9. The maximum absolute atomic E-state index is 13.6. The Morgan fingerprint density at radius 2 is 1.64 bits per heavy atom. The lowest BCUT2D eigenvalue weighted by Crippen LogP contribution is -2.25. The number of rotatable bonds is 3. The fourth-order valence-electron chi connectivity index (χ4n) is 2.75. The first-order chi connectivity index (χ1) is 12.1. The van der Waals surface area contributed by atoms with Crippen LogP contribution in [0.2, 0.25) is 0 Å². The van der Waals surface area contributed by atoms with Crippen molar-refractivity contribution in [2.24, 2.45) is 0 Å². The van der Waals surface area contributed by atoms with E-state index in [0.717, 1.165) is 32.0 Å². The second kappa shape index (κ2) is 7.50. The smallest absolute Gasteiger partial charge is 0.259 e. The summed E-state index contributed by atoms with van der Waals surface area (Å²) in [4.78, 5) is 14.1. The van der Waals surface area contributed by atoms with Gasteiger partial charge in [-0.1, -0.05) is 12.8 Å². The van der Waals surface area contributed by atoms with Crippen molar-refractivity contribution in [2.45, 2.75) is 25.7 Å². The first-order valence-electron chi connectivity index (χ1n) is 8.10. The molecule has 0 spiro atoms. The molecule has 1 aliphatic rings. The van der Waals surface area contributed by atoms with Crippen molar-refractivity contribution in [3.63, 3.8) is 0 Å². The predicted molar refractivity (Wildman–Crippen MR) is 87.0 cm³/mol. The van der Waals surface area contributed by atoms with E-state index >= 15 is 0 Å². The number of carbonyl (C=O) groups excluding carboxylic acids is 1. The Bertz CT molecular complexity index is 759. The van der Waals surface area contributed by atoms with E-state index in [-0.39, 0.29) is 5.82 Å². The van der Waals surface area contributed by atoms with Crippen LogP contribution in [0.5, 0.6) is 0 Å². The second-order valence-electron chi connectivity index (χ2n) is 5.86. The quantitative estimate of drug-likeness (QED) is 0.861. The second-order valence-corrected chi connectivity index (χ2v) is 5.86. The molecule has 0 saturated carbocycles. The first kappa shape index (κ1) is 17.2. The van der Waals surface area contributed by atoms with Crippen molar-refractivity contribution in [1.82, 2.24) is 10.2 Å². The summed E-state index contributed by atoms with van der Waals surface area (Å²) in [6.07, 6.45) is 4.57. The minimum Gasteiger partial charge on any atom is -0.355 e. The first-order valence-corrected chi connectivity index (χ1v) is 8.10. The molecular weight excluding hydrogens is 333 g/mol. The zero-order valence-corrected chi connectivity index (χ0v) is 13.4. The molecule has 8 heteroatoms. The summed E-state index contributed by atoms with van der Waals surface area (Å²) in [5.41, 5.74) is -0.600. The standard InChI is InChI=1S/C17H17F3N4O/c18-12-6-5-11(15(19)16(12)20)17(25)21-13-7-8-14(23-22-13)24-9-3-1-2-4-10-24/h5-8H,1-4,9-10H2,(H,21,22,25). The molecular formula is C17H17F3N4O. The molecule has 5 nitrogen and oxygen atoms in total. The van der Waals surface area contributed by atoms with E-state index in [2.05, 4.69) is 20.4 Å². The van der Waals surface area contributed by atoms with Gasteiger partial charge in [0.1, 0.15) is 0 Å². The van der Waals surface area contributed by atoms with Gasteiger partial charge in [0.25, 0.3) is 5.91 Å². The number of halogens is 3. The maximum Gasteiger partial charge on any atom is 0.259 e. The third-order valence-electron chi connectivity index (χ3n) is 4.10. The average molecular weight is 350 g/mol. The Morgan fingerprint density at radius 1 is 0.920 bits per heavy atom. The fourth-order valence-corrected chi connectivity index (χ4v) is 2.75. The molecule has 0 radical (unpaired) electrons. The number of hydrogen-bond donors (Lipinski definition) is 1. The van der Waals surface area contributed by atoms with Crippen LogP contribution in [0.4, 0.5) is 24.8 Å². The minimum atomic E-state index is -1.68. The Labute approximate surface area is 142 Å². The van der Waals surface area contributed by atoms with Gasteiger partial charge >= 0.3 is 0 Å². The summed E-state index contributed by atoms with van der Waals surface area (Å²) in [7, 11) is 0. The molecule has 0 unspecified atom stereocenters. The van der Waals surface area contributed by atoms with Gasteiger partial charge in [0, 0.05) is 13.1 Å². The monoisotopic (exact) mass is 350 g/mol. The van der Waals surface area contributed by atoms with Gasteiger partial charge in [0.05, 0.1) is 5.56 Å². The van der Waals surface area contributed by atoms with Crippen LogP contribution >= 0.6 is 0 Å². The van der Waals surface area contributed by atoms with Crippen molar-refractivity contribution in [2.75, 3.05) is 23.3 Å². The summed E-state index contributed by atoms with van der Waals surface area (Å²) in [6.45, 7) is 1.81. The van der Waals surface area contributed by atoms with E-state index in [0.29, 0.717) is 11.9 Å². The van der Waals surface area contributed by atoms with E-state index in [4.69, 9.17) is 0 Å². The molecule has 2 heterocycles. The molecule has 2 aromatic rings. The molecule has 0 bridgehead atoms. The maximum atomic E-state index is 13.6. The Kier molecular flexibility index (Phi) is 5.16. The number of benzene rings is 1. The van der Waals surface area contributed by atoms with E-state index < -0.39 is 28.9 Å². The number of nitrogens with one attached hydrogen (secondary N) is 1. The lowest BCUT2D eigenvalue weighted by molar-refractivity contribution is 0.102. The molecule has 132 valence electrons.